The molecule has 0 heterocycles. The van der Waals surface area contributed by atoms with Crippen LogP contribution in [0.25, 0.3) is 5.57 Å². The minimum Gasteiger partial charge on any atom is -0.491 e. The van der Waals surface area contributed by atoms with E-state index in [0.29, 0.717) is 18.1 Å². The van der Waals surface area contributed by atoms with Crippen LogP contribution in [0.15, 0.2) is 30.4 Å². The fraction of sp³-hybridized carbons (Fsp3) is 0.600. The van der Waals surface area contributed by atoms with Gasteiger partial charge in [-0.05, 0) is 94.3 Å². The van der Waals surface area contributed by atoms with Gasteiger partial charge in [0.1, 0.15) is 0 Å². The lowest BCUT2D eigenvalue weighted by Crippen LogP contribution is -2.23. The molecule has 1 fully saturated rings. The maximum absolute atomic E-state index is 14.5. The lowest BCUT2D eigenvalue weighted by Gasteiger charge is -2.35. The van der Waals surface area contributed by atoms with Gasteiger partial charge in [0.15, 0.2) is 11.6 Å². The predicted molar refractivity (Wildman–Crippen MR) is 112 cm³/mol. The molecule has 1 atom stereocenters. The van der Waals surface area contributed by atoms with E-state index in [2.05, 4.69) is 25.2 Å². The number of ether oxygens (including phenoxy) is 1. The standard InChI is InChI=1S/C25H34F2O/c1-3-5-6-7-18-8-10-19(11-9-18)20-12-14-21(15-13-20)22-16-17-23(28-4-2)25(27)24(22)26/h3,5,14,16-20H,4,6-13,15H2,1-2H3. The van der Waals surface area contributed by atoms with Crippen molar-refractivity contribution in [3.05, 3.63) is 47.6 Å². The second kappa shape index (κ2) is 10.2. The fourth-order valence-electron chi connectivity index (χ4n) is 5.02. The maximum atomic E-state index is 14.5. The first-order chi connectivity index (χ1) is 13.6. The lowest BCUT2D eigenvalue weighted by atomic mass is 9.70. The van der Waals surface area contributed by atoms with Crippen molar-refractivity contribution in [2.45, 2.75) is 71.6 Å². The summed E-state index contributed by atoms with van der Waals surface area (Å²) in [5, 5.41) is 0. The highest BCUT2D eigenvalue weighted by molar-refractivity contribution is 5.67. The van der Waals surface area contributed by atoms with Crippen LogP contribution in [-0.2, 0) is 0 Å². The molecule has 0 spiro atoms. The molecule has 3 rings (SSSR count). The van der Waals surface area contributed by atoms with Crippen molar-refractivity contribution in [1.29, 1.82) is 0 Å². The summed E-state index contributed by atoms with van der Waals surface area (Å²) in [6.45, 7) is 4.19. The first-order valence-electron chi connectivity index (χ1n) is 11.0. The smallest absolute Gasteiger partial charge is 0.201 e. The van der Waals surface area contributed by atoms with Gasteiger partial charge in [0.25, 0.3) is 0 Å². The fourth-order valence-corrected chi connectivity index (χ4v) is 5.02. The average Bonchev–Trinajstić information content (AvgIpc) is 2.73. The van der Waals surface area contributed by atoms with E-state index >= 15 is 0 Å². The van der Waals surface area contributed by atoms with Gasteiger partial charge >= 0.3 is 0 Å². The molecule has 1 aromatic carbocycles. The summed E-state index contributed by atoms with van der Waals surface area (Å²) in [5.41, 5.74) is 1.36. The molecule has 0 N–H and O–H groups in total. The minimum absolute atomic E-state index is 0.00391. The van der Waals surface area contributed by atoms with Gasteiger partial charge in [-0.1, -0.05) is 31.1 Å². The number of halogens is 2. The molecule has 0 radical (unpaired) electrons. The van der Waals surface area contributed by atoms with Gasteiger partial charge in [-0.25, -0.2) is 4.39 Å². The van der Waals surface area contributed by atoms with E-state index in [1.165, 1.54) is 38.5 Å². The van der Waals surface area contributed by atoms with E-state index in [-0.39, 0.29) is 5.75 Å². The van der Waals surface area contributed by atoms with E-state index in [4.69, 9.17) is 4.74 Å². The summed E-state index contributed by atoms with van der Waals surface area (Å²) >= 11 is 0. The quantitative estimate of drug-likeness (QED) is 0.435. The highest BCUT2D eigenvalue weighted by Crippen LogP contribution is 2.42. The molecule has 0 aromatic heterocycles. The molecule has 154 valence electrons. The summed E-state index contributed by atoms with van der Waals surface area (Å²) in [6, 6.07) is 3.23. The molecule has 3 heteroatoms. The summed E-state index contributed by atoms with van der Waals surface area (Å²) in [5.74, 6) is 0.775. The third kappa shape index (κ3) is 5.04. The molecule has 0 aliphatic heterocycles. The maximum Gasteiger partial charge on any atom is 0.201 e. The summed E-state index contributed by atoms with van der Waals surface area (Å²) in [6.07, 6.45) is 17.4. The van der Waals surface area contributed by atoms with Gasteiger partial charge in [0, 0.05) is 5.56 Å². The average molecular weight is 389 g/mol. The van der Waals surface area contributed by atoms with Gasteiger partial charge in [-0.2, -0.15) is 4.39 Å². The van der Waals surface area contributed by atoms with Crippen molar-refractivity contribution in [2.24, 2.45) is 17.8 Å². The van der Waals surface area contributed by atoms with Crippen LogP contribution in [0.1, 0.15) is 77.2 Å². The minimum atomic E-state index is -0.862. The van der Waals surface area contributed by atoms with E-state index in [0.717, 1.165) is 36.7 Å². The number of rotatable bonds is 7. The third-order valence-corrected chi connectivity index (χ3v) is 6.68. The normalized spacial score (nSPS) is 25.7. The first kappa shape index (κ1) is 21.1. The Morgan fingerprint density at radius 3 is 2.46 bits per heavy atom. The molecule has 2 aliphatic rings. The Balaban J connectivity index is 1.56. The van der Waals surface area contributed by atoms with E-state index < -0.39 is 11.6 Å². The SMILES string of the molecule is CC=CCCC1CCC(C2CC=C(c3ccc(OCC)c(F)c3F)CC2)CC1. The zero-order valence-electron chi connectivity index (χ0n) is 17.4. The Morgan fingerprint density at radius 1 is 1.04 bits per heavy atom. The van der Waals surface area contributed by atoms with Crippen LogP contribution in [0.4, 0.5) is 8.78 Å². The zero-order valence-corrected chi connectivity index (χ0v) is 17.4. The monoisotopic (exact) mass is 388 g/mol. The van der Waals surface area contributed by atoms with E-state index in [9.17, 15) is 8.78 Å². The Kier molecular flexibility index (Phi) is 7.70. The molecule has 1 nitrogen and oxygen atoms in total. The summed E-state index contributed by atoms with van der Waals surface area (Å²) < 4.78 is 33.8. The molecule has 1 aromatic rings. The molecule has 2 aliphatic carbocycles. The summed E-state index contributed by atoms with van der Waals surface area (Å²) in [4.78, 5) is 0. The Hall–Kier alpha value is -1.64. The van der Waals surface area contributed by atoms with Crippen LogP contribution in [0.2, 0.25) is 0 Å². The topological polar surface area (TPSA) is 9.23 Å². The van der Waals surface area contributed by atoms with Crippen LogP contribution in [-0.4, -0.2) is 6.61 Å². The van der Waals surface area contributed by atoms with Gasteiger partial charge in [-0.3, -0.25) is 0 Å². The van der Waals surface area contributed by atoms with Crippen LogP contribution < -0.4 is 4.74 Å². The second-order valence-corrected chi connectivity index (χ2v) is 8.36. The van der Waals surface area contributed by atoms with Crippen LogP contribution in [0.3, 0.4) is 0 Å². The number of hydrogen-bond acceptors (Lipinski definition) is 1. The van der Waals surface area contributed by atoms with E-state index in [1.807, 2.05) is 0 Å². The highest BCUT2D eigenvalue weighted by atomic mass is 19.2. The second-order valence-electron chi connectivity index (χ2n) is 8.36. The molecular weight excluding hydrogens is 354 g/mol. The number of benzene rings is 1. The van der Waals surface area contributed by atoms with Crippen molar-refractivity contribution in [3.8, 4) is 5.75 Å². The van der Waals surface area contributed by atoms with Crippen LogP contribution in [0, 0.1) is 29.4 Å². The van der Waals surface area contributed by atoms with E-state index in [1.54, 1.807) is 19.1 Å². The Morgan fingerprint density at radius 2 is 1.82 bits per heavy atom. The van der Waals surface area contributed by atoms with Crippen LogP contribution >= 0.6 is 0 Å². The zero-order chi connectivity index (χ0) is 19.9. The van der Waals surface area contributed by atoms with Crippen molar-refractivity contribution in [2.75, 3.05) is 6.61 Å². The number of allylic oxidation sites excluding steroid dienone is 4. The molecule has 1 unspecified atom stereocenters. The van der Waals surface area contributed by atoms with Crippen LogP contribution in [0.5, 0.6) is 5.75 Å². The highest BCUT2D eigenvalue weighted by Gasteiger charge is 2.29. The molecular formula is C25H34F2O. The van der Waals surface area contributed by atoms with Gasteiger partial charge in [0.2, 0.25) is 5.82 Å². The lowest BCUT2D eigenvalue weighted by molar-refractivity contribution is 0.190. The molecule has 1 saturated carbocycles. The summed E-state index contributed by atoms with van der Waals surface area (Å²) in [7, 11) is 0. The Bertz CT molecular complexity index is 699. The van der Waals surface area contributed by atoms with Gasteiger partial charge in [-0.15, -0.1) is 0 Å². The molecule has 0 saturated heterocycles. The van der Waals surface area contributed by atoms with Crippen molar-refractivity contribution in [1.82, 2.24) is 0 Å². The van der Waals surface area contributed by atoms with Gasteiger partial charge in [0.05, 0.1) is 6.61 Å². The van der Waals surface area contributed by atoms with Crippen molar-refractivity contribution >= 4 is 5.57 Å². The van der Waals surface area contributed by atoms with Gasteiger partial charge < -0.3 is 4.74 Å². The molecule has 28 heavy (non-hydrogen) atoms. The predicted octanol–water partition coefficient (Wildman–Crippen LogP) is 7.71. The van der Waals surface area contributed by atoms with Crippen molar-refractivity contribution in [3.63, 3.8) is 0 Å². The number of hydrogen-bond donors (Lipinski definition) is 0. The molecule has 0 bridgehead atoms. The molecule has 0 amide bonds. The van der Waals surface area contributed by atoms with Crippen molar-refractivity contribution < 1.29 is 13.5 Å². The first-order valence-corrected chi connectivity index (χ1v) is 11.0. The third-order valence-electron chi connectivity index (χ3n) is 6.68. The largest absolute Gasteiger partial charge is 0.491 e. The Labute approximate surface area is 168 Å².